The molecule has 0 saturated carbocycles. The average molecular weight is 184 g/mol. The fourth-order valence-corrected chi connectivity index (χ4v) is 1.00. The van der Waals surface area contributed by atoms with Gasteiger partial charge in [-0.2, -0.15) is 5.10 Å². The average Bonchev–Trinajstić information content (AvgIpc) is 2.57. The van der Waals surface area contributed by atoms with Crippen molar-refractivity contribution in [1.29, 1.82) is 0 Å². The van der Waals surface area contributed by atoms with Crippen LogP contribution in [-0.4, -0.2) is 24.3 Å². The monoisotopic (exact) mass is 184 g/mol. The molecule has 5 nitrogen and oxygen atoms in total. The molecule has 0 aliphatic heterocycles. The van der Waals surface area contributed by atoms with Crippen LogP contribution in [0.2, 0.25) is 0 Å². The molecule has 0 aromatic carbocycles. The molecule has 2 amide bonds. The summed E-state index contributed by atoms with van der Waals surface area (Å²) in [5.74, 6) is 0. The van der Waals surface area contributed by atoms with Crippen molar-refractivity contribution in [3.63, 3.8) is 0 Å². The van der Waals surface area contributed by atoms with Crippen molar-refractivity contribution in [2.24, 2.45) is 5.10 Å². The van der Waals surface area contributed by atoms with Crippen molar-refractivity contribution in [3.05, 3.63) is 16.6 Å². The van der Waals surface area contributed by atoms with E-state index in [9.17, 15) is 4.79 Å². The summed E-state index contributed by atoms with van der Waals surface area (Å²) in [6.07, 6.45) is 1.48. The summed E-state index contributed by atoms with van der Waals surface area (Å²) < 4.78 is 0. The predicted molar refractivity (Wildman–Crippen MR) is 47.3 cm³/mol. The van der Waals surface area contributed by atoms with Crippen LogP contribution in [0.3, 0.4) is 0 Å². The lowest BCUT2D eigenvalue weighted by Crippen LogP contribution is -2.28. The van der Waals surface area contributed by atoms with Gasteiger partial charge in [0.15, 0.2) is 0 Å². The van der Waals surface area contributed by atoms with Gasteiger partial charge in [0.25, 0.3) is 0 Å². The molecule has 0 aliphatic rings. The summed E-state index contributed by atoms with van der Waals surface area (Å²) in [6, 6.07) is -0.346. The highest BCUT2D eigenvalue weighted by Crippen LogP contribution is 1.96. The molecule has 1 heterocycles. The summed E-state index contributed by atoms with van der Waals surface area (Å²) in [7, 11) is 1.52. The van der Waals surface area contributed by atoms with Gasteiger partial charge in [0.05, 0.1) is 17.4 Å². The molecular weight excluding hydrogens is 176 g/mol. The van der Waals surface area contributed by atoms with E-state index in [-0.39, 0.29) is 6.03 Å². The minimum absolute atomic E-state index is 0.346. The number of aromatic nitrogens is 1. The third-order valence-corrected chi connectivity index (χ3v) is 1.65. The first-order valence-electron chi connectivity index (χ1n) is 3.22. The predicted octanol–water partition coefficient (Wildman–Crippen LogP) is 0.406. The van der Waals surface area contributed by atoms with E-state index >= 15 is 0 Å². The Kier molecular flexibility index (Phi) is 3.21. The Morgan fingerprint density at radius 1 is 1.83 bits per heavy atom. The number of nitrogens with one attached hydrogen (secondary N) is 2. The van der Waals surface area contributed by atoms with Crippen LogP contribution >= 0.6 is 11.3 Å². The minimum atomic E-state index is -0.346. The molecule has 0 radical (unpaired) electrons. The summed E-state index contributed by atoms with van der Waals surface area (Å²) in [6.45, 7) is 0. The van der Waals surface area contributed by atoms with Crippen LogP contribution in [0.1, 0.15) is 5.69 Å². The number of amides is 2. The van der Waals surface area contributed by atoms with E-state index in [2.05, 4.69) is 20.8 Å². The maximum atomic E-state index is 10.6. The van der Waals surface area contributed by atoms with Crippen LogP contribution in [0.15, 0.2) is 16.0 Å². The first-order chi connectivity index (χ1) is 5.83. The molecule has 1 aromatic heterocycles. The summed E-state index contributed by atoms with van der Waals surface area (Å²) >= 11 is 1.47. The molecule has 0 unspecified atom stereocenters. The second kappa shape index (κ2) is 4.45. The molecule has 0 spiro atoms. The van der Waals surface area contributed by atoms with Crippen molar-refractivity contribution in [2.75, 3.05) is 7.05 Å². The number of hydrazone groups is 1. The zero-order valence-corrected chi connectivity index (χ0v) is 7.26. The van der Waals surface area contributed by atoms with Crippen molar-refractivity contribution >= 4 is 23.6 Å². The molecule has 0 bridgehead atoms. The number of thiazole rings is 1. The van der Waals surface area contributed by atoms with Crippen LogP contribution in [0.5, 0.6) is 0 Å². The Bertz CT molecular complexity index is 269. The Hall–Kier alpha value is -1.43. The Morgan fingerprint density at radius 2 is 2.67 bits per heavy atom. The first kappa shape index (κ1) is 8.66. The van der Waals surface area contributed by atoms with Gasteiger partial charge in [0, 0.05) is 12.4 Å². The van der Waals surface area contributed by atoms with Crippen molar-refractivity contribution in [1.82, 2.24) is 15.7 Å². The molecule has 1 rings (SSSR count). The second-order valence-electron chi connectivity index (χ2n) is 1.86. The number of rotatable bonds is 2. The van der Waals surface area contributed by atoms with Crippen LogP contribution in [0.25, 0.3) is 0 Å². The van der Waals surface area contributed by atoms with Gasteiger partial charge < -0.3 is 5.32 Å². The van der Waals surface area contributed by atoms with Gasteiger partial charge in [-0.1, -0.05) is 0 Å². The summed E-state index contributed by atoms with van der Waals surface area (Å²) in [4.78, 5) is 14.5. The second-order valence-corrected chi connectivity index (χ2v) is 2.58. The first-order valence-corrected chi connectivity index (χ1v) is 4.16. The fourth-order valence-electron chi connectivity index (χ4n) is 0.499. The molecule has 6 heteroatoms. The van der Waals surface area contributed by atoms with Gasteiger partial charge in [0.1, 0.15) is 0 Å². The normalized spacial score (nSPS) is 10.1. The highest BCUT2D eigenvalue weighted by atomic mass is 32.1. The van der Waals surface area contributed by atoms with Gasteiger partial charge in [0.2, 0.25) is 0 Å². The third-order valence-electron chi connectivity index (χ3n) is 1.04. The fraction of sp³-hybridized carbons (Fsp3) is 0.167. The van der Waals surface area contributed by atoms with E-state index in [1.54, 1.807) is 5.51 Å². The summed E-state index contributed by atoms with van der Waals surface area (Å²) in [5, 5.41) is 7.83. The number of carbonyl (C=O) groups is 1. The van der Waals surface area contributed by atoms with E-state index in [1.807, 2.05) is 5.38 Å². The molecule has 0 saturated heterocycles. The van der Waals surface area contributed by atoms with Gasteiger partial charge in [-0.25, -0.2) is 15.2 Å². The number of nitrogens with zero attached hydrogens (tertiary/aromatic N) is 2. The third kappa shape index (κ3) is 2.67. The minimum Gasteiger partial charge on any atom is -0.340 e. The lowest BCUT2D eigenvalue weighted by Gasteiger charge is -1.93. The van der Waals surface area contributed by atoms with E-state index in [4.69, 9.17) is 0 Å². The Labute approximate surface area is 73.5 Å². The zero-order valence-electron chi connectivity index (χ0n) is 6.44. The van der Waals surface area contributed by atoms with Crippen LogP contribution in [-0.2, 0) is 0 Å². The molecule has 0 atom stereocenters. The highest BCUT2D eigenvalue weighted by Gasteiger charge is 1.90. The molecule has 0 aliphatic carbocycles. The van der Waals surface area contributed by atoms with Gasteiger partial charge in [-0.3, -0.25) is 0 Å². The van der Waals surface area contributed by atoms with Crippen molar-refractivity contribution in [2.45, 2.75) is 0 Å². The van der Waals surface area contributed by atoms with Gasteiger partial charge in [-0.15, -0.1) is 11.3 Å². The van der Waals surface area contributed by atoms with Crippen LogP contribution in [0.4, 0.5) is 4.79 Å². The maximum Gasteiger partial charge on any atom is 0.334 e. The zero-order chi connectivity index (χ0) is 8.81. The van der Waals surface area contributed by atoms with Crippen molar-refractivity contribution < 1.29 is 4.79 Å². The summed E-state index contributed by atoms with van der Waals surface area (Å²) in [5.41, 5.74) is 4.68. The number of hydrogen-bond acceptors (Lipinski definition) is 4. The molecular formula is C6H8N4OS. The Morgan fingerprint density at radius 3 is 3.25 bits per heavy atom. The number of carbonyl (C=O) groups excluding carboxylic acids is 1. The lowest BCUT2D eigenvalue weighted by molar-refractivity contribution is 0.243. The molecule has 0 fully saturated rings. The van der Waals surface area contributed by atoms with Crippen molar-refractivity contribution in [3.8, 4) is 0 Å². The van der Waals surface area contributed by atoms with E-state index in [0.29, 0.717) is 0 Å². The van der Waals surface area contributed by atoms with E-state index in [0.717, 1.165) is 5.69 Å². The molecule has 2 N–H and O–H groups in total. The van der Waals surface area contributed by atoms with Crippen LogP contribution < -0.4 is 10.7 Å². The maximum absolute atomic E-state index is 10.6. The van der Waals surface area contributed by atoms with Crippen LogP contribution in [0, 0.1) is 0 Å². The van der Waals surface area contributed by atoms with E-state index in [1.165, 1.54) is 24.6 Å². The van der Waals surface area contributed by atoms with E-state index < -0.39 is 0 Å². The highest BCUT2D eigenvalue weighted by molar-refractivity contribution is 7.07. The quantitative estimate of drug-likeness (QED) is 0.516. The molecule has 12 heavy (non-hydrogen) atoms. The lowest BCUT2D eigenvalue weighted by atomic mass is 10.6. The molecule has 1 aromatic rings. The smallest absolute Gasteiger partial charge is 0.334 e. The topological polar surface area (TPSA) is 66.4 Å². The van der Waals surface area contributed by atoms with Gasteiger partial charge in [-0.05, 0) is 0 Å². The Balaban J connectivity index is 2.37. The SMILES string of the molecule is CNC(=O)N/N=C/c1cscn1. The van der Waals surface area contributed by atoms with Gasteiger partial charge >= 0.3 is 6.03 Å². The number of hydrogen-bond donors (Lipinski definition) is 2. The largest absolute Gasteiger partial charge is 0.340 e. The molecule has 64 valence electrons. The standard InChI is InChI=1S/C6H8N4OS/c1-7-6(11)10-9-2-5-3-12-4-8-5/h2-4H,1H3,(H2,7,10,11)/b9-2+. The number of urea groups is 1.